The summed E-state index contributed by atoms with van der Waals surface area (Å²) in [5.74, 6) is -0.125. The number of ether oxygens (including phenoxy) is 1. The van der Waals surface area contributed by atoms with Gasteiger partial charge in [0.15, 0.2) is 0 Å². The van der Waals surface area contributed by atoms with Crippen LogP contribution in [0, 0.1) is 0 Å². The molecule has 0 aromatic heterocycles. The number of hydrogen-bond acceptors (Lipinski definition) is 3. The first-order valence-corrected chi connectivity index (χ1v) is 3.18. The Morgan fingerprint density at radius 2 is 2.40 bits per heavy atom. The van der Waals surface area contributed by atoms with E-state index in [1.165, 1.54) is 7.11 Å². The molecule has 0 aromatic rings. The molecule has 1 atom stereocenters. The molecule has 60 valence electrons. The highest BCUT2D eigenvalue weighted by Gasteiger charge is 1.99. The van der Waals surface area contributed by atoms with Crippen LogP contribution in [0.25, 0.3) is 0 Å². The lowest BCUT2D eigenvalue weighted by Crippen LogP contribution is -2.36. The zero-order valence-corrected chi connectivity index (χ0v) is 6.39. The Morgan fingerprint density at radius 1 is 1.80 bits per heavy atom. The topological polar surface area (TPSA) is 64.3 Å². The van der Waals surface area contributed by atoms with E-state index in [0.29, 0.717) is 6.54 Å². The molecule has 0 bridgehead atoms. The molecule has 0 aromatic carbocycles. The van der Waals surface area contributed by atoms with Gasteiger partial charge in [0.1, 0.15) is 6.61 Å². The van der Waals surface area contributed by atoms with Crippen LogP contribution >= 0.6 is 0 Å². The first-order chi connectivity index (χ1) is 4.66. The molecule has 0 saturated heterocycles. The third kappa shape index (κ3) is 5.53. The van der Waals surface area contributed by atoms with Gasteiger partial charge >= 0.3 is 0 Å². The van der Waals surface area contributed by atoms with E-state index in [1.54, 1.807) is 0 Å². The second-order valence-electron chi connectivity index (χ2n) is 2.21. The standard InChI is InChI=1S/C6H14N2O2/c1-5(7)3-8-6(9)4-10-2/h5H,3-4,7H2,1-2H3,(H,8,9). The second kappa shape index (κ2) is 5.20. The number of amides is 1. The lowest BCUT2D eigenvalue weighted by molar-refractivity contribution is -0.124. The van der Waals surface area contributed by atoms with Crippen LogP contribution in [0.5, 0.6) is 0 Å². The summed E-state index contributed by atoms with van der Waals surface area (Å²) in [6.07, 6.45) is 0. The molecule has 0 heterocycles. The summed E-state index contributed by atoms with van der Waals surface area (Å²) in [6, 6.07) is 0.000746. The second-order valence-corrected chi connectivity index (χ2v) is 2.21. The van der Waals surface area contributed by atoms with Gasteiger partial charge in [-0.05, 0) is 6.92 Å². The Balaban J connectivity index is 3.22. The van der Waals surface area contributed by atoms with Crippen molar-refractivity contribution in [2.75, 3.05) is 20.3 Å². The molecule has 1 unspecified atom stereocenters. The van der Waals surface area contributed by atoms with Gasteiger partial charge in [0.25, 0.3) is 0 Å². The zero-order chi connectivity index (χ0) is 7.98. The molecule has 1 amide bonds. The molecule has 0 spiro atoms. The predicted octanol–water partition coefficient (Wildman–Crippen LogP) is -0.904. The van der Waals surface area contributed by atoms with Crippen molar-refractivity contribution in [1.29, 1.82) is 0 Å². The van der Waals surface area contributed by atoms with Gasteiger partial charge < -0.3 is 15.8 Å². The molecule has 0 radical (unpaired) electrons. The first-order valence-electron chi connectivity index (χ1n) is 3.18. The fraction of sp³-hybridized carbons (Fsp3) is 0.833. The van der Waals surface area contributed by atoms with E-state index in [-0.39, 0.29) is 18.6 Å². The minimum absolute atomic E-state index is 0.000746. The summed E-state index contributed by atoms with van der Waals surface area (Å²) in [6.45, 7) is 2.43. The molecule has 0 aliphatic heterocycles. The summed E-state index contributed by atoms with van der Waals surface area (Å²) in [4.78, 5) is 10.7. The Bertz CT molecular complexity index is 104. The van der Waals surface area contributed by atoms with Gasteiger partial charge in [0.05, 0.1) is 0 Å². The number of nitrogens with one attached hydrogen (secondary N) is 1. The highest BCUT2D eigenvalue weighted by molar-refractivity contribution is 5.77. The lowest BCUT2D eigenvalue weighted by atomic mass is 10.3. The summed E-state index contributed by atoms with van der Waals surface area (Å²) in [5, 5.41) is 2.59. The number of rotatable bonds is 4. The normalized spacial score (nSPS) is 12.7. The third-order valence-corrected chi connectivity index (χ3v) is 0.897. The van der Waals surface area contributed by atoms with Gasteiger partial charge in [-0.1, -0.05) is 0 Å². The predicted molar refractivity (Wildman–Crippen MR) is 38.5 cm³/mol. The minimum atomic E-state index is -0.125. The molecular formula is C6H14N2O2. The van der Waals surface area contributed by atoms with Crippen molar-refractivity contribution in [1.82, 2.24) is 5.32 Å². The van der Waals surface area contributed by atoms with Crippen LogP contribution in [0.15, 0.2) is 0 Å². The van der Waals surface area contributed by atoms with Gasteiger partial charge in [-0.3, -0.25) is 4.79 Å². The van der Waals surface area contributed by atoms with Crippen LogP contribution in [0.1, 0.15) is 6.92 Å². The number of nitrogens with two attached hydrogens (primary N) is 1. The Hall–Kier alpha value is -0.610. The maximum Gasteiger partial charge on any atom is 0.246 e. The molecule has 10 heavy (non-hydrogen) atoms. The summed E-state index contributed by atoms with van der Waals surface area (Å²) < 4.78 is 4.58. The van der Waals surface area contributed by atoms with Crippen molar-refractivity contribution in [3.8, 4) is 0 Å². The number of carbonyl (C=O) groups is 1. The summed E-state index contributed by atoms with van der Waals surface area (Å²) in [7, 11) is 1.48. The van der Waals surface area contributed by atoms with E-state index in [1.807, 2.05) is 6.92 Å². The van der Waals surface area contributed by atoms with Gasteiger partial charge in [-0.2, -0.15) is 0 Å². The zero-order valence-electron chi connectivity index (χ0n) is 6.39. The SMILES string of the molecule is COCC(=O)NCC(C)N. The quantitative estimate of drug-likeness (QED) is 0.540. The monoisotopic (exact) mass is 146 g/mol. The molecule has 0 aliphatic rings. The Kier molecular flexibility index (Phi) is 4.88. The largest absolute Gasteiger partial charge is 0.375 e. The maximum absolute atomic E-state index is 10.7. The van der Waals surface area contributed by atoms with Gasteiger partial charge in [0.2, 0.25) is 5.91 Å². The van der Waals surface area contributed by atoms with E-state index in [4.69, 9.17) is 5.73 Å². The average Bonchev–Trinajstić information content (AvgIpc) is 1.85. The van der Waals surface area contributed by atoms with Crippen LogP contribution in [0.4, 0.5) is 0 Å². The van der Waals surface area contributed by atoms with E-state index in [9.17, 15) is 4.79 Å². The van der Waals surface area contributed by atoms with Crippen LogP contribution in [-0.2, 0) is 9.53 Å². The highest BCUT2D eigenvalue weighted by atomic mass is 16.5. The first kappa shape index (κ1) is 9.39. The lowest BCUT2D eigenvalue weighted by Gasteiger charge is -2.05. The van der Waals surface area contributed by atoms with Crippen LogP contribution in [0.3, 0.4) is 0 Å². The van der Waals surface area contributed by atoms with E-state index >= 15 is 0 Å². The molecule has 4 nitrogen and oxygen atoms in total. The fourth-order valence-electron chi connectivity index (χ4n) is 0.457. The molecule has 0 aliphatic carbocycles. The number of methoxy groups -OCH3 is 1. The molecule has 0 rings (SSSR count). The minimum Gasteiger partial charge on any atom is -0.375 e. The van der Waals surface area contributed by atoms with E-state index in [0.717, 1.165) is 0 Å². The van der Waals surface area contributed by atoms with E-state index < -0.39 is 0 Å². The van der Waals surface area contributed by atoms with Crippen LogP contribution < -0.4 is 11.1 Å². The molecular weight excluding hydrogens is 132 g/mol. The van der Waals surface area contributed by atoms with E-state index in [2.05, 4.69) is 10.1 Å². The van der Waals surface area contributed by atoms with Gasteiger partial charge in [-0.25, -0.2) is 0 Å². The average molecular weight is 146 g/mol. The van der Waals surface area contributed by atoms with Crippen LogP contribution in [-0.4, -0.2) is 32.2 Å². The molecule has 0 saturated carbocycles. The van der Waals surface area contributed by atoms with Crippen molar-refractivity contribution in [2.45, 2.75) is 13.0 Å². The fourth-order valence-corrected chi connectivity index (χ4v) is 0.457. The van der Waals surface area contributed by atoms with Crippen LogP contribution in [0.2, 0.25) is 0 Å². The number of carbonyl (C=O) groups excluding carboxylic acids is 1. The Morgan fingerprint density at radius 3 is 2.80 bits per heavy atom. The Labute approximate surface area is 60.7 Å². The van der Waals surface area contributed by atoms with Gasteiger partial charge in [-0.15, -0.1) is 0 Å². The molecule has 3 N–H and O–H groups in total. The van der Waals surface area contributed by atoms with Crippen molar-refractivity contribution in [3.05, 3.63) is 0 Å². The third-order valence-electron chi connectivity index (χ3n) is 0.897. The summed E-state index contributed by atoms with van der Waals surface area (Å²) in [5.41, 5.74) is 5.38. The van der Waals surface area contributed by atoms with Crippen molar-refractivity contribution < 1.29 is 9.53 Å². The smallest absolute Gasteiger partial charge is 0.246 e. The number of hydrogen-bond donors (Lipinski definition) is 2. The molecule has 4 heteroatoms. The maximum atomic E-state index is 10.7. The van der Waals surface area contributed by atoms with Crippen molar-refractivity contribution in [3.63, 3.8) is 0 Å². The van der Waals surface area contributed by atoms with Crippen molar-refractivity contribution in [2.24, 2.45) is 5.73 Å². The summed E-state index contributed by atoms with van der Waals surface area (Å²) >= 11 is 0. The van der Waals surface area contributed by atoms with Gasteiger partial charge in [0, 0.05) is 19.7 Å². The van der Waals surface area contributed by atoms with Crippen molar-refractivity contribution >= 4 is 5.91 Å². The highest BCUT2D eigenvalue weighted by Crippen LogP contribution is 1.72. The molecule has 0 fully saturated rings.